The zero-order valence-electron chi connectivity index (χ0n) is 18.0. The molecule has 1 aliphatic heterocycles. The lowest BCUT2D eigenvalue weighted by molar-refractivity contribution is -0.113. The molecule has 1 atom stereocenters. The van der Waals surface area contributed by atoms with E-state index in [0.717, 1.165) is 34.2 Å². The Bertz CT molecular complexity index is 993. The lowest BCUT2D eigenvalue weighted by Gasteiger charge is -2.29. The number of pyridine rings is 1. The highest BCUT2D eigenvalue weighted by Crippen LogP contribution is 2.40. The Labute approximate surface area is 188 Å². The number of hydrogen-bond acceptors (Lipinski definition) is 5. The van der Waals surface area contributed by atoms with Crippen LogP contribution in [-0.2, 0) is 4.79 Å². The van der Waals surface area contributed by atoms with E-state index in [9.17, 15) is 10.1 Å². The van der Waals surface area contributed by atoms with Crippen molar-refractivity contribution in [1.82, 2.24) is 10.3 Å². The van der Waals surface area contributed by atoms with Crippen molar-refractivity contribution >= 4 is 23.4 Å². The zero-order valence-corrected chi connectivity index (χ0v) is 18.8. The number of carbonyl (C=O) groups is 1. The van der Waals surface area contributed by atoms with E-state index >= 15 is 0 Å². The summed E-state index contributed by atoms with van der Waals surface area (Å²) < 4.78 is 0. The lowest BCUT2D eigenvalue weighted by Crippen LogP contribution is -2.30. The van der Waals surface area contributed by atoms with Gasteiger partial charge in [-0.05, 0) is 48.9 Å². The molecular formula is C25H28N4OS. The Morgan fingerprint density at radius 2 is 1.90 bits per heavy atom. The van der Waals surface area contributed by atoms with Crippen molar-refractivity contribution in [3.05, 3.63) is 82.3 Å². The van der Waals surface area contributed by atoms with E-state index in [-0.39, 0.29) is 5.91 Å². The first-order chi connectivity index (χ1) is 15.2. The van der Waals surface area contributed by atoms with Gasteiger partial charge in [0.15, 0.2) is 0 Å². The molecule has 0 bridgehead atoms. The molecule has 6 heteroatoms. The minimum absolute atomic E-state index is 0.210. The Morgan fingerprint density at radius 3 is 2.58 bits per heavy atom. The van der Waals surface area contributed by atoms with E-state index in [1.165, 1.54) is 19.3 Å². The summed E-state index contributed by atoms with van der Waals surface area (Å²) in [5.74, 6) is 0.295. The number of benzene rings is 1. The largest absolute Gasteiger partial charge is 0.353 e. The molecule has 0 fully saturated rings. The van der Waals surface area contributed by atoms with Crippen molar-refractivity contribution in [2.24, 2.45) is 0 Å². The van der Waals surface area contributed by atoms with Crippen LogP contribution in [0, 0.1) is 11.3 Å². The van der Waals surface area contributed by atoms with E-state index in [1.807, 2.05) is 49.4 Å². The average Bonchev–Trinajstić information content (AvgIpc) is 2.79. The van der Waals surface area contributed by atoms with E-state index in [4.69, 9.17) is 0 Å². The topological polar surface area (TPSA) is 77.8 Å². The maximum absolute atomic E-state index is 13.3. The number of unbranched alkanes of at least 4 members (excludes halogenated alkanes) is 3. The van der Waals surface area contributed by atoms with E-state index < -0.39 is 5.92 Å². The first-order valence-electron chi connectivity index (χ1n) is 10.7. The van der Waals surface area contributed by atoms with Crippen molar-refractivity contribution in [1.29, 1.82) is 5.26 Å². The summed E-state index contributed by atoms with van der Waals surface area (Å²) >= 11 is 1.66. The number of hydrogen-bond donors (Lipinski definition) is 2. The van der Waals surface area contributed by atoms with Gasteiger partial charge in [-0.3, -0.25) is 9.78 Å². The third-order valence-electron chi connectivity index (χ3n) is 5.21. The number of para-hydroxylation sites is 1. The van der Waals surface area contributed by atoms with Crippen LogP contribution < -0.4 is 10.6 Å². The number of thioether (sulfide) groups is 1. The molecule has 0 unspecified atom stereocenters. The number of nitrogens with one attached hydrogen (secondary N) is 2. The number of aromatic nitrogens is 1. The van der Waals surface area contributed by atoms with Gasteiger partial charge in [-0.1, -0.05) is 44.4 Å². The normalized spacial score (nSPS) is 16.0. The number of anilines is 1. The molecule has 0 radical (unpaired) electrons. The predicted molar refractivity (Wildman–Crippen MR) is 127 cm³/mol. The molecule has 0 saturated carbocycles. The van der Waals surface area contributed by atoms with Crippen LogP contribution >= 0.6 is 11.8 Å². The van der Waals surface area contributed by atoms with Crippen LogP contribution in [0.25, 0.3) is 0 Å². The van der Waals surface area contributed by atoms with Gasteiger partial charge in [-0.25, -0.2) is 0 Å². The van der Waals surface area contributed by atoms with E-state index in [2.05, 4.69) is 28.6 Å². The third kappa shape index (κ3) is 5.77. The van der Waals surface area contributed by atoms with Crippen LogP contribution in [0.1, 0.15) is 51.0 Å². The maximum atomic E-state index is 13.3. The molecule has 0 saturated heterocycles. The summed E-state index contributed by atoms with van der Waals surface area (Å²) in [5, 5.41) is 17.2. The van der Waals surface area contributed by atoms with E-state index in [0.29, 0.717) is 11.1 Å². The van der Waals surface area contributed by atoms with Crippen molar-refractivity contribution in [2.75, 3.05) is 11.1 Å². The van der Waals surface area contributed by atoms with Crippen molar-refractivity contribution < 1.29 is 4.79 Å². The quantitative estimate of drug-likeness (QED) is 0.495. The Kier molecular flexibility index (Phi) is 8.31. The molecular weight excluding hydrogens is 404 g/mol. The highest BCUT2D eigenvalue weighted by atomic mass is 32.2. The lowest BCUT2D eigenvalue weighted by atomic mass is 9.82. The number of rotatable bonds is 9. The molecule has 31 heavy (non-hydrogen) atoms. The van der Waals surface area contributed by atoms with Gasteiger partial charge in [0, 0.05) is 29.4 Å². The van der Waals surface area contributed by atoms with Crippen LogP contribution in [0.15, 0.2) is 76.7 Å². The molecule has 2 N–H and O–H groups in total. The molecule has 160 valence electrons. The third-order valence-corrected chi connectivity index (χ3v) is 6.31. The van der Waals surface area contributed by atoms with Gasteiger partial charge in [-0.15, -0.1) is 11.8 Å². The molecule has 0 aliphatic carbocycles. The number of amides is 1. The van der Waals surface area contributed by atoms with Gasteiger partial charge in [0.2, 0.25) is 0 Å². The van der Waals surface area contributed by atoms with Crippen LogP contribution in [0.5, 0.6) is 0 Å². The minimum atomic E-state index is -0.434. The molecule has 1 amide bonds. The summed E-state index contributed by atoms with van der Waals surface area (Å²) in [7, 11) is 0. The molecule has 0 spiro atoms. The Balaban J connectivity index is 1.92. The summed E-state index contributed by atoms with van der Waals surface area (Å²) in [6.07, 6.45) is 8.11. The van der Waals surface area contributed by atoms with Crippen LogP contribution in [0.2, 0.25) is 0 Å². The number of nitrogens with zero attached hydrogens (tertiary/aromatic N) is 2. The van der Waals surface area contributed by atoms with Gasteiger partial charge < -0.3 is 10.6 Å². The van der Waals surface area contributed by atoms with Crippen molar-refractivity contribution in [3.63, 3.8) is 0 Å². The van der Waals surface area contributed by atoms with Crippen LogP contribution in [0.3, 0.4) is 0 Å². The maximum Gasteiger partial charge on any atom is 0.254 e. The molecule has 1 aliphatic rings. The Hall–Kier alpha value is -3.04. The number of carbonyl (C=O) groups excluding carboxylic acids is 1. The molecule has 1 aromatic carbocycles. The zero-order chi connectivity index (χ0) is 22.1. The van der Waals surface area contributed by atoms with E-state index in [1.54, 1.807) is 24.2 Å². The van der Waals surface area contributed by atoms with Gasteiger partial charge in [0.05, 0.1) is 22.6 Å². The second-order valence-corrected chi connectivity index (χ2v) is 8.57. The monoisotopic (exact) mass is 432 g/mol. The Morgan fingerprint density at radius 1 is 1.16 bits per heavy atom. The summed E-state index contributed by atoms with van der Waals surface area (Å²) in [6, 6.07) is 15.5. The highest BCUT2D eigenvalue weighted by Gasteiger charge is 2.34. The molecule has 1 aromatic heterocycles. The summed E-state index contributed by atoms with van der Waals surface area (Å²) in [4.78, 5) is 17.4. The van der Waals surface area contributed by atoms with Gasteiger partial charge in [0.25, 0.3) is 5.91 Å². The molecule has 2 heterocycles. The first kappa shape index (κ1) is 22.6. The predicted octanol–water partition coefficient (Wildman–Crippen LogP) is 5.73. The van der Waals surface area contributed by atoms with Crippen LogP contribution in [-0.4, -0.2) is 16.6 Å². The fourth-order valence-corrected chi connectivity index (χ4v) is 4.74. The highest BCUT2D eigenvalue weighted by molar-refractivity contribution is 8.03. The molecule has 3 rings (SSSR count). The fourth-order valence-electron chi connectivity index (χ4n) is 3.64. The SMILES string of the molecule is CCCCCCSC1=C(C#N)[C@@H](c2ccncc2)C(C(=O)Nc2ccccc2)=C(C)N1. The number of dihydropyridines is 1. The van der Waals surface area contributed by atoms with Crippen molar-refractivity contribution in [3.8, 4) is 6.07 Å². The fraction of sp³-hybridized carbons (Fsp3) is 0.320. The number of nitriles is 1. The first-order valence-corrected chi connectivity index (χ1v) is 11.7. The molecule has 2 aromatic rings. The van der Waals surface area contributed by atoms with Gasteiger partial charge in [0.1, 0.15) is 0 Å². The van der Waals surface area contributed by atoms with Gasteiger partial charge in [-0.2, -0.15) is 5.26 Å². The standard InChI is InChI=1S/C25H28N4OS/c1-3-4-5-9-16-31-25-21(17-26)23(19-12-14-27-15-13-19)22(18(2)28-25)24(30)29-20-10-7-6-8-11-20/h6-8,10-15,23,28H,3-5,9,16H2,1-2H3,(H,29,30)/t23-/m1/s1. The van der Waals surface area contributed by atoms with Crippen LogP contribution in [0.4, 0.5) is 5.69 Å². The number of allylic oxidation sites excluding steroid dienone is 2. The summed E-state index contributed by atoms with van der Waals surface area (Å²) in [5.41, 5.74) is 3.51. The second-order valence-electron chi connectivity index (χ2n) is 7.46. The summed E-state index contributed by atoms with van der Waals surface area (Å²) in [6.45, 7) is 4.10. The van der Waals surface area contributed by atoms with Gasteiger partial charge >= 0.3 is 0 Å². The average molecular weight is 433 g/mol. The minimum Gasteiger partial charge on any atom is -0.353 e. The molecule has 5 nitrogen and oxygen atoms in total. The van der Waals surface area contributed by atoms with Crippen molar-refractivity contribution in [2.45, 2.75) is 45.4 Å². The second kappa shape index (κ2) is 11.4. The smallest absolute Gasteiger partial charge is 0.254 e.